The van der Waals surface area contributed by atoms with Crippen LogP contribution in [0.15, 0.2) is 0 Å². The summed E-state index contributed by atoms with van der Waals surface area (Å²) in [5.41, 5.74) is -0.826. The van der Waals surface area contributed by atoms with Crippen molar-refractivity contribution in [2.24, 2.45) is 12.5 Å². The zero-order valence-corrected chi connectivity index (χ0v) is 15.5. The summed E-state index contributed by atoms with van der Waals surface area (Å²) in [5.74, 6) is 1.80. The molecule has 0 amide bonds. The first-order chi connectivity index (χ1) is 11.3. The normalized spacial score (nSPS) is 29.0. The van der Waals surface area contributed by atoms with Crippen molar-refractivity contribution in [3.8, 4) is 0 Å². The van der Waals surface area contributed by atoms with E-state index in [1.165, 1.54) is 0 Å². The summed E-state index contributed by atoms with van der Waals surface area (Å²) in [5, 5.41) is 15.7. The molecule has 0 radical (unpaired) electrons. The van der Waals surface area contributed by atoms with Gasteiger partial charge >= 0.3 is 0 Å². The van der Waals surface area contributed by atoms with Crippen molar-refractivity contribution in [1.82, 2.24) is 24.6 Å². The first-order valence-corrected chi connectivity index (χ1v) is 8.90. The Hall–Kier alpha value is -1.02. The molecule has 2 aliphatic rings. The van der Waals surface area contributed by atoms with Gasteiger partial charge < -0.3 is 9.84 Å². The Bertz CT molecular complexity index is 567. The SMILES string of the molecule is Cc1nc(CN2CC[C@@](O)(CN3CCOCC3)C(C)(C)C2)n(C)n1. The molecule has 7 heteroatoms. The number of piperidine rings is 1. The maximum absolute atomic E-state index is 11.4. The highest BCUT2D eigenvalue weighted by Crippen LogP contribution is 2.39. The molecule has 1 aromatic rings. The third kappa shape index (κ3) is 3.64. The molecule has 7 nitrogen and oxygen atoms in total. The van der Waals surface area contributed by atoms with E-state index < -0.39 is 5.60 Å². The Morgan fingerprint density at radius 3 is 2.46 bits per heavy atom. The number of hydrogen-bond donors (Lipinski definition) is 1. The van der Waals surface area contributed by atoms with Crippen LogP contribution in [0.4, 0.5) is 0 Å². The largest absolute Gasteiger partial charge is 0.388 e. The van der Waals surface area contributed by atoms with E-state index >= 15 is 0 Å². The van der Waals surface area contributed by atoms with Crippen molar-refractivity contribution >= 4 is 0 Å². The van der Waals surface area contributed by atoms with Crippen LogP contribution in [0.5, 0.6) is 0 Å². The van der Waals surface area contributed by atoms with Gasteiger partial charge in [-0.25, -0.2) is 4.98 Å². The van der Waals surface area contributed by atoms with Gasteiger partial charge in [0.2, 0.25) is 0 Å². The highest BCUT2D eigenvalue weighted by atomic mass is 16.5. The van der Waals surface area contributed by atoms with Gasteiger partial charge in [-0.05, 0) is 13.3 Å². The number of nitrogens with zero attached hydrogens (tertiary/aromatic N) is 5. The lowest BCUT2D eigenvalue weighted by atomic mass is 9.69. The summed E-state index contributed by atoms with van der Waals surface area (Å²) < 4.78 is 7.28. The predicted molar refractivity (Wildman–Crippen MR) is 91.6 cm³/mol. The number of likely N-dealkylation sites (tertiary alicyclic amines) is 1. The Kier molecular flexibility index (Phi) is 4.97. The fraction of sp³-hybridized carbons (Fsp3) is 0.882. The minimum Gasteiger partial charge on any atom is -0.388 e. The molecule has 2 fully saturated rings. The second kappa shape index (κ2) is 6.71. The Morgan fingerprint density at radius 1 is 1.17 bits per heavy atom. The molecule has 0 spiro atoms. The molecular formula is C17H31N5O2. The zero-order chi connectivity index (χ0) is 17.4. The molecule has 0 unspecified atom stereocenters. The fourth-order valence-electron chi connectivity index (χ4n) is 3.92. The first kappa shape index (κ1) is 17.8. The van der Waals surface area contributed by atoms with Crippen molar-refractivity contribution in [2.45, 2.75) is 39.3 Å². The molecule has 1 aromatic heterocycles. The molecule has 1 atom stereocenters. The number of β-amino-alcohol motifs (C(OH)–C–C–N with tert-alkyl or cyclic N) is 1. The number of hydrogen-bond acceptors (Lipinski definition) is 6. The van der Waals surface area contributed by atoms with E-state index in [1.54, 1.807) is 0 Å². The summed E-state index contributed by atoms with van der Waals surface area (Å²) in [6.07, 6.45) is 0.786. The lowest BCUT2D eigenvalue weighted by Gasteiger charge is -2.52. The van der Waals surface area contributed by atoms with E-state index in [1.807, 2.05) is 18.7 Å². The zero-order valence-electron chi connectivity index (χ0n) is 15.5. The van der Waals surface area contributed by atoms with Gasteiger partial charge in [0.1, 0.15) is 11.6 Å². The van der Waals surface area contributed by atoms with Crippen LogP contribution in [-0.4, -0.2) is 81.2 Å². The third-order valence-corrected chi connectivity index (χ3v) is 5.63. The maximum atomic E-state index is 11.4. The molecule has 0 aliphatic carbocycles. The molecule has 0 aromatic carbocycles. The van der Waals surface area contributed by atoms with E-state index in [4.69, 9.17) is 4.74 Å². The van der Waals surface area contributed by atoms with E-state index in [0.29, 0.717) is 0 Å². The minimum absolute atomic E-state index is 0.169. The van der Waals surface area contributed by atoms with Crippen LogP contribution in [-0.2, 0) is 18.3 Å². The average Bonchev–Trinajstić information content (AvgIpc) is 2.82. The van der Waals surface area contributed by atoms with Crippen LogP contribution in [0, 0.1) is 12.3 Å². The van der Waals surface area contributed by atoms with E-state index in [0.717, 1.165) is 70.6 Å². The lowest BCUT2D eigenvalue weighted by molar-refractivity contribution is -0.141. The van der Waals surface area contributed by atoms with Gasteiger partial charge in [-0.2, -0.15) is 5.10 Å². The van der Waals surface area contributed by atoms with Gasteiger partial charge in [0.05, 0.1) is 25.4 Å². The van der Waals surface area contributed by atoms with Crippen LogP contribution in [0.2, 0.25) is 0 Å². The number of ether oxygens (including phenoxy) is 1. The molecule has 136 valence electrons. The highest BCUT2D eigenvalue weighted by Gasteiger charge is 2.48. The van der Waals surface area contributed by atoms with Gasteiger partial charge in [0.15, 0.2) is 0 Å². The maximum Gasteiger partial charge on any atom is 0.147 e. The first-order valence-electron chi connectivity index (χ1n) is 8.90. The number of aryl methyl sites for hydroxylation is 2. The minimum atomic E-state index is -0.656. The smallest absolute Gasteiger partial charge is 0.147 e. The third-order valence-electron chi connectivity index (χ3n) is 5.63. The molecule has 24 heavy (non-hydrogen) atoms. The number of rotatable bonds is 4. The number of morpholine rings is 1. The second-order valence-electron chi connectivity index (χ2n) is 7.96. The van der Waals surface area contributed by atoms with E-state index in [-0.39, 0.29) is 5.41 Å². The predicted octanol–water partition coefficient (Wildman–Crippen LogP) is 0.419. The van der Waals surface area contributed by atoms with Crippen LogP contribution in [0.3, 0.4) is 0 Å². The number of aliphatic hydroxyl groups is 1. The Labute approximate surface area is 144 Å². The van der Waals surface area contributed by atoms with Crippen molar-refractivity contribution in [3.63, 3.8) is 0 Å². The van der Waals surface area contributed by atoms with Crippen molar-refractivity contribution in [3.05, 3.63) is 11.6 Å². The standard InChI is InChI=1S/C17H31N5O2/c1-14-18-15(20(4)19-14)11-22-6-5-17(23,16(2,3)12-22)13-21-7-9-24-10-8-21/h23H,5-13H2,1-4H3/t17-/m1/s1. The summed E-state index contributed by atoms with van der Waals surface area (Å²) in [4.78, 5) is 9.23. The molecule has 1 N–H and O–H groups in total. The number of aromatic nitrogens is 3. The van der Waals surface area contributed by atoms with Crippen LogP contribution >= 0.6 is 0 Å². The molecule has 3 heterocycles. The fourth-order valence-corrected chi connectivity index (χ4v) is 3.92. The molecule has 2 saturated heterocycles. The van der Waals surface area contributed by atoms with Crippen LogP contribution in [0.25, 0.3) is 0 Å². The lowest BCUT2D eigenvalue weighted by Crippen LogP contribution is -2.62. The van der Waals surface area contributed by atoms with Gasteiger partial charge in [-0.1, -0.05) is 13.8 Å². The van der Waals surface area contributed by atoms with Gasteiger partial charge in [0, 0.05) is 45.2 Å². The van der Waals surface area contributed by atoms with Gasteiger partial charge in [-0.3, -0.25) is 14.5 Å². The van der Waals surface area contributed by atoms with E-state index in [9.17, 15) is 5.11 Å². The van der Waals surface area contributed by atoms with Crippen molar-refractivity contribution < 1.29 is 9.84 Å². The van der Waals surface area contributed by atoms with Crippen LogP contribution < -0.4 is 0 Å². The Balaban J connectivity index is 1.64. The molecular weight excluding hydrogens is 306 g/mol. The van der Waals surface area contributed by atoms with Crippen LogP contribution in [0.1, 0.15) is 31.9 Å². The molecule has 3 rings (SSSR count). The Morgan fingerprint density at radius 2 is 1.88 bits per heavy atom. The molecule has 0 bridgehead atoms. The average molecular weight is 337 g/mol. The monoisotopic (exact) mass is 337 g/mol. The summed E-state index contributed by atoms with van der Waals surface area (Å²) in [6, 6.07) is 0. The second-order valence-corrected chi connectivity index (χ2v) is 7.96. The van der Waals surface area contributed by atoms with E-state index in [2.05, 4.69) is 33.7 Å². The topological polar surface area (TPSA) is 66.7 Å². The quantitative estimate of drug-likeness (QED) is 0.859. The van der Waals surface area contributed by atoms with Crippen molar-refractivity contribution in [1.29, 1.82) is 0 Å². The van der Waals surface area contributed by atoms with Gasteiger partial charge in [0.25, 0.3) is 0 Å². The van der Waals surface area contributed by atoms with Crippen molar-refractivity contribution in [2.75, 3.05) is 45.9 Å². The highest BCUT2D eigenvalue weighted by molar-refractivity contribution is 5.02. The molecule has 0 saturated carbocycles. The van der Waals surface area contributed by atoms with Gasteiger partial charge in [-0.15, -0.1) is 0 Å². The summed E-state index contributed by atoms with van der Waals surface area (Å²) >= 11 is 0. The summed E-state index contributed by atoms with van der Waals surface area (Å²) in [7, 11) is 1.94. The summed E-state index contributed by atoms with van der Waals surface area (Å²) in [6.45, 7) is 12.9. The molecule has 2 aliphatic heterocycles.